The molecule has 1 atom stereocenters. The van der Waals surface area contributed by atoms with Crippen LogP contribution in [0.1, 0.15) is 17.3 Å². The lowest BCUT2D eigenvalue weighted by atomic mass is 10.3. The molecule has 0 aliphatic heterocycles. The Morgan fingerprint density at radius 2 is 1.96 bits per heavy atom. The van der Waals surface area contributed by atoms with Crippen LogP contribution in [0.25, 0.3) is 0 Å². The second-order valence-corrected chi connectivity index (χ2v) is 8.62. The van der Waals surface area contributed by atoms with Crippen LogP contribution in [0, 0.1) is 0 Å². The highest BCUT2D eigenvalue weighted by Crippen LogP contribution is 2.31. The molecule has 0 aliphatic carbocycles. The number of primary amides is 1. The molecule has 26 heavy (non-hydrogen) atoms. The SMILES string of the molecule is C[C@@H](Sc1nnc(Nc2ccccc2)s1)C(=O)Nc1sccc1C(N)=O. The van der Waals surface area contributed by atoms with Gasteiger partial charge in [0.15, 0.2) is 4.34 Å². The molecule has 3 aromatic rings. The smallest absolute Gasteiger partial charge is 0.251 e. The first-order valence-electron chi connectivity index (χ1n) is 7.53. The van der Waals surface area contributed by atoms with Crippen LogP contribution >= 0.6 is 34.4 Å². The summed E-state index contributed by atoms with van der Waals surface area (Å²) in [6.45, 7) is 1.77. The van der Waals surface area contributed by atoms with Gasteiger partial charge in [0.05, 0.1) is 10.8 Å². The zero-order chi connectivity index (χ0) is 18.5. The number of amides is 2. The van der Waals surface area contributed by atoms with E-state index >= 15 is 0 Å². The van der Waals surface area contributed by atoms with Crippen molar-refractivity contribution in [2.24, 2.45) is 5.73 Å². The highest BCUT2D eigenvalue weighted by Gasteiger charge is 2.20. The first kappa shape index (κ1) is 18.4. The van der Waals surface area contributed by atoms with Gasteiger partial charge in [0.25, 0.3) is 5.91 Å². The van der Waals surface area contributed by atoms with E-state index in [0.29, 0.717) is 20.0 Å². The van der Waals surface area contributed by atoms with Gasteiger partial charge >= 0.3 is 0 Å². The zero-order valence-corrected chi connectivity index (χ0v) is 16.1. The Morgan fingerprint density at radius 3 is 2.69 bits per heavy atom. The average molecular weight is 406 g/mol. The van der Waals surface area contributed by atoms with E-state index in [1.54, 1.807) is 18.4 Å². The number of thiophene rings is 1. The summed E-state index contributed by atoms with van der Waals surface area (Å²) in [5.74, 6) is -0.796. The van der Waals surface area contributed by atoms with Gasteiger partial charge in [-0.2, -0.15) is 0 Å². The first-order valence-corrected chi connectivity index (χ1v) is 10.1. The van der Waals surface area contributed by atoms with Crippen molar-refractivity contribution in [1.82, 2.24) is 10.2 Å². The summed E-state index contributed by atoms with van der Waals surface area (Å²) in [4.78, 5) is 23.7. The summed E-state index contributed by atoms with van der Waals surface area (Å²) >= 11 is 3.93. The van der Waals surface area contributed by atoms with Gasteiger partial charge in [-0.15, -0.1) is 21.5 Å². The van der Waals surface area contributed by atoms with Crippen LogP contribution in [0.5, 0.6) is 0 Å². The topological polar surface area (TPSA) is 110 Å². The van der Waals surface area contributed by atoms with Crippen molar-refractivity contribution in [3.05, 3.63) is 47.3 Å². The second-order valence-electron chi connectivity index (χ2n) is 5.14. The number of carbonyl (C=O) groups excluding carboxylic acids is 2. The number of rotatable bonds is 7. The maximum atomic E-state index is 12.4. The fraction of sp³-hybridized carbons (Fsp3) is 0.125. The molecular formula is C16H15N5O2S3. The third kappa shape index (κ3) is 4.59. The molecule has 0 saturated heterocycles. The minimum Gasteiger partial charge on any atom is -0.366 e. The molecule has 2 amide bonds. The van der Waals surface area contributed by atoms with Crippen LogP contribution in [-0.2, 0) is 4.79 Å². The van der Waals surface area contributed by atoms with E-state index in [1.165, 1.54) is 34.4 Å². The lowest BCUT2D eigenvalue weighted by Gasteiger charge is -2.09. The van der Waals surface area contributed by atoms with E-state index < -0.39 is 11.2 Å². The number of thioether (sulfide) groups is 1. The predicted octanol–water partition coefficient (Wildman–Crippen LogP) is 3.56. The lowest BCUT2D eigenvalue weighted by molar-refractivity contribution is -0.115. The molecule has 7 nitrogen and oxygen atoms in total. The Morgan fingerprint density at radius 1 is 1.19 bits per heavy atom. The quantitative estimate of drug-likeness (QED) is 0.519. The molecule has 0 bridgehead atoms. The summed E-state index contributed by atoms with van der Waals surface area (Å²) in [5.41, 5.74) is 6.52. The van der Waals surface area contributed by atoms with Crippen molar-refractivity contribution in [2.75, 3.05) is 10.6 Å². The Labute approximate surface area is 162 Å². The van der Waals surface area contributed by atoms with Gasteiger partial charge in [-0.25, -0.2) is 0 Å². The van der Waals surface area contributed by atoms with Crippen LogP contribution in [0.2, 0.25) is 0 Å². The number of nitrogens with zero attached hydrogens (tertiary/aromatic N) is 2. The normalized spacial score (nSPS) is 11.7. The Balaban J connectivity index is 1.59. The van der Waals surface area contributed by atoms with Gasteiger partial charge in [0.2, 0.25) is 11.0 Å². The van der Waals surface area contributed by atoms with Gasteiger partial charge in [-0.3, -0.25) is 9.59 Å². The number of nitrogens with one attached hydrogen (secondary N) is 2. The number of hydrogen-bond acceptors (Lipinski definition) is 8. The molecule has 2 aromatic heterocycles. The number of para-hydroxylation sites is 1. The van der Waals surface area contributed by atoms with Crippen LogP contribution in [-0.4, -0.2) is 27.3 Å². The Hall–Kier alpha value is -2.43. The minimum absolute atomic E-state index is 0.229. The van der Waals surface area contributed by atoms with Gasteiger partial charge in [0, 0.05) is 5.69 Å². The molecule has 1 aromatic carbocycles. The lowest BCUT2D eigenvalue weighted by Crippen LogP contribution is -2.23. The highest BCUT2D eigenvalue weighted by molar-refractivity contribution is 8.02. The second kappa shape index (κ2) is 8.30. The molecule has 4 N–H and O–H groups in total. The molecule has 0 fully saturated rings. The highest BCUT2D eigenvalue weighted by atomic mass is 32.2. The molecule has 0 aliphatic rings. The van der Waals surface area contributed by atoms with E-state index in [4.69, 9.17) is 5.73 Å². The van der Waals surface area contributed by atoms with Gasteiger partial charge in [0.1, 0.15) is 5.00 Å². The summed E-state index contributed by atoms with van der Waals surface area (Å²) in [6.07, 6.45) is 0. The maximum Gasteiger partial charge on any atom is 0.251 e. The molecular weight excluding hydrogens is 390 g/mol. The zero-order valence-electron chi connectivity index (χ0n) is 13.6. The van der Waals surface area contributed by atoms with Crippen LogP contribution in [0.3, 0.4) is 0 Å². The molecule has 10 heteroatoms. The number of anilines is 3. The van der Waals surface area contributed by atoms with E-state index in [9.17, 15) is 9.59 Å². The average Bonchev–Trinajstić information content (AvgIpc) is 3.25. The number of nitrogens with two attached hydrogens (primary N) is 1. The van der Waals surface area contributed by atoms with Crippen molar-refractivity contribution in [2.45, 2.75) is 16.5 Å². The summed E-state index contributed by atoms with van der Waals surface area (Å²) < 4.78 is 0.674. The molecule has 0 unspecified atom stereocenters. The molecule has 0 saturated carbocycles. The molecule has 134 valence electrons. The van der Waals surface area contributed by atoms with Crippen LogP contribution in [0.4, 0.5) is 15.8 Å². The van der Waals surface area contributed by atoms with Crippen molar-refractivity contribution < 1.29 is 9.59 Å². The van der Waals surface area contributed by atoms with Gasteiger partial charge < -0.3 is 16.4 Å². The van der Waals surface area contributed by atoms with E-state index in [-0.39, 0.29) is 5.91 Å². The molecule has 0 radical (unpaired) electrons. The van der Waals surface area contributed by atoms with E-state index in [1.807, 2.05) is 30.3 Å². The fourth-order valence-corrected chi connectivity index (χ4v) is 4.68. The third-order valence-corrected chi connectivity index (χ3v) is 6.10. The maximum absolute atomic E-state index is 12.4. The summed E-state index contributed by atoms with van der Waals surface area (Å²) in [5, 5.41) is 16.5. The first-order chi connectivity index (χ1) is 12.5. The fourth-order valence-electron chi connectivity index (χ4n) is 1.97. The Kier molecular flexibility index (Phi) is 5.86. The van der Waals surface area contributed by atoms with Crippen LogP contribution in [0.15, 0.2) is 46.1 Å². The van der Waals surface area contributed by atoms with Gasteiger partial charge in [-0.1, -0.05) is 41.3 Å². The number of aromatic nitrogens is 2. The number of hydrogen-bond donors (Lipinski definition) is 3. The largest absolute Gasteiger partial charge is 0.366 e. The van der Waals surface area contributed by atoms with Gasteiger partial charge in [-0.05, 0) is 30.5 Å². The third-order valence-electron chi connectivity index (χ3n) is 3.25. The Bertz CT molecular complexity index is 910. The van der Waals surface area contributed by atoms with Crippen molar-refractivity contribution in [3.63, 3.8) is 0 Å². The minimum atomic E-state index is -0.567. The molecule has 2 heterocycles. The standard InChI is InChI=1S/C16H15N5O2S3/c1-9(13(23)19-14-11(12(17)22)7-8-24-14)25-16-21-20-15(26-16)18-10-5-3-2-4-6-10/h2-9H,1H3,(H2,17,22)(H,18,20)(H,19,23)/t9-/m1/s1. The predicted molar refractivity (Wildman–Crippen MR) is 106 cm³/mol. The monoisotopic (exact) mass is 405 g/mol. The summed E-state index contributed by atoms with van der Waals surface area (Å²) in [6, 6.07) is 11.2. The van der Waals surface area contributed by atoms with E-state index in [0.717, 1.165) is 5.69 Å². The van der Waals surface area contributed by atoms with Crippen molar-refractivity contribution in [3.8, 4) is 0 Å². The van der Waals surface area contributed by atoms with Crippen molar-refractivity contribution >= 4 is 62.1 Å². The summed E-state index contributed by atoms with van der Waals surface area (Å²) in [7, 11) is 0. The van der Waals surface area contributed by atoms with E-state index in [2.05, 4.69) is 20.8 Å². The molecule has 3 rings (SSSR count). The number of benzene rings is 1. The van der Waals surface area contributed by atoms with Crippen molar-refractivity contribution in [1.29, 1.82) is 0 Å². The van der Waals surface area contributed by atoms with Crippen LogP contribution < -0.4 is 16.4 Å². The number of carbonyl (C=O) groups is 2. The molecule has 0 spiro atoms.